The molecule has 0 aromatic heterocycles. The summed E-state index contributed by atoms with van der Waals surface area (Å²) in [5.41, 5.74) is 1.37. The third-order valence-corrected chi connectivity index (χ3v) is 1.95. The van der Waals surface area contributed by atoms with Gasteiger partial charge < -0.3 is 0 Å². The monoisotopic (exact) mass is 176 g/mol. The molecule has 1 rings (SSSR count). The molecule has 0 heterocycles. The van der Waals surface area contributed by atoms with Gasteiger partial charge in [-0.1, -0.05) is 57.2 Å². The van der Waals surface area contributed by atoms with Crippen molar-refractivity contribution >= 4 is 0 Å². The molecule has 0 N–H and O–H groups in total. The maximum Gasteiger partial charge on any atom is 0.00126 e. The normalized spacial score (nSPS) is 11.0. The number of benzene rings is 1. The summed E-state index contributed by atoms with van der Waals surface area (Å²) < 4.78 is 0. The van der Waals surface area contributed by atoms with E-state index < -0.39 is 0 Å². The van der Waals surface area contributed by atoms with E-state index in [0.717, 1.165) is 6.42 Å². The molecule has 1 aromatic carbocycles. The first-order chi connectivity index (χ1) is 6.38. The Morgan fingerprint density at radius 3 is 2.15 bits per heavy atom. The van der Waals surface area contributed by atoms with E-state index in [4.69, 9.17) is 0 Å². The topological polar surface area (TPSA) is 0 Å². The Hall–Kier alpha value is -1.04. The summed E-state index contributed by atoms with van der Waals surface area (Å²) in [4.78, 5) is 0. The van der Waals surface area contributed by atoms with E-state index in [0.29, 0.717) is 5.92 Å². The maximum atomic E-state index is 3.81. The molecular formula is C13H20. The summed E-state index contributed by atoms with van der Waals surface area (Å²) >= 11 is 0. The second-order valence-electron chi connectivity index (χ2n) is 2.66. The minimum atomic E-state index is 0.524. The molecule has 1 aromatic rings. The first kappa shape index (κ1) is 12.0. The second-order valence-corrected chi connectivity index (χ2v) is 2.66. The van der Waals surface area contributed by atoms with Gasteiger partial charge in [-0.15, -0.1) is 6.58 Å². The van der Waals surface area contributed by atoms with Crippen LogP contribution in [0.15, 0.2) is 43.0 Å². The van der Waals surface area contributed by atoms with E-state index in [9.17, 15) is 0 Å². The lowest BCUT2D eigenvalue weighted by atomic mass is 9.97. The van der Waals surface area contributed by atoms with Crippen molar-refractivity contribution in [3.05, 3.63) is 48.6 Å². The molecule has 0 bridgehead atoms. The number of hydrogen-bond acceptors (Lipinski definition) is 0. The first-order valence-corrected chi connectivity index (χ1v) is 5.06. The van der Waals surface area contributed by atoms with Crippen molar-refractivity contribution in [3.8, 4) is 0 Å². The van der Waals surface area contributed by atoms with Gasteiger partial charge in [-0.3, -0.25) is 0 Å². The van der Waals surface area contributed by atoms with Crippen LogP contribution in [0.5, 0.6) is 0 Å². The summed E-state index contributed by atoms with van der Waals surface area (Å²) in [6, 6.07) is 10.5. The molecular weight excluding hydrogens is 156 g/mol. The minimum absolute atomic E-state index is 0.524. The SMILES string of the molecule is C=CC(CC)c1ccccc1.CC. The highest BCUT2D eigenvalue weighted by Gasteiger charge is 2.01. The standard InChI is InChI=1S/C11H14.C2H6/c1-3-10(4-2)11-8-6-5-7-9-11;1-2/h3,5-10H,1,4H2,2H3;1-2H3. The van der Waals surface area contributed by atoms with E-state index in [1.54, 1.807) is 0 Å². The largest absolute Gasteiger partial charge is 0.102 e. The highest BCUT2D eigenvalue weighted by atomic mass is 14.1. The molecule has 72 valence electrons. The van der Waals surface area contributed by atoms with Gasteiger partial charge in [-0.05, 0) is 12.0 Å². The predicted molar refractivity (Wildman–Crippen MR) is 61.0 cm³/mol. The lowest BCUT2D eigenvalue weighted by molar-refractivity contribution is 0.807. The molecule has 0 aliphatic carbocycles. The van der Waals surface area contributed by atoms with Gasteiger partial charge in [-0.25, -0.2) is 0 Å². The van der Waals surface area contributed by atoms with Gasteiger partial charge in [0.05, 0.1) is 0 Å². The van der Waals surface area contributed by atoms with E-state index in [1.165, 1.54) is 5.56 Å². The number of hydrogen-bond donors (Lipinski definition) is 0. The van der Waals surface area contributed by atoms with Gasteiger partial charge in [0, 0.05) is 5.92 Å². The van der Waals surface area contributed by atoms with Crippen molar-refractivity contribution in [2.75, 3.05) is 0 Å². The van der Waals surface area contributed by atoms with Crippen molar-refractivity contribution in [2.24, 2.45) is 0 Å². The summed E-state index contributed by atoms with van der Waals surface area (Å²) in [5, 5.41) is 0. The van der Waals surface area contributed by atoms with Crippen molar-refractivity contribution < 1.29 is 0 Å². The Bertz CT molecular complexity index is 211. The third kappa shape index (κ3) is 3.93. The highest BCUT2D eigenvalue weighted by Crippen LogP contribution is 2.19. The molecule has 0 aliphatic heterocycles. The molecule has 0 amide bonds. The van der Waals surface area contributed by atoms with E-state index in [1.807, 2.05) is 26.0 Å². The molecule has 0 heteroatoms. The van der Waals surface area contributed by atoms with Crippen molar-refractivity contribution in [1.29, 1.82) is 0 Å². The van der Waals surface area contributed by atoms with Crippen LogP contribution >= 0.6 is 0 Å². The Morgan fingerprint density at radius 2 is 1.77 bits per heavy atom. The molecule has 0 aliphatic rings. The quantitative estimate of drug-likeness (QED) is 0.599. The van der Waals surface area contributed by atoms with Gasteiger partial charge in [0.2, 0.25) is 0 Å². The van der Waals surface area contributed by atoms with Gasteiger partial charge >= 0.3 is 0 Å². The molecule has 1 atom stereocenters. The van der Waals surface area contributed by atoms with Crippen molar-refractivity contribution in [3.63, 3.8) is 0 Å². The zero-order valence-corrected chi connectivity index (χ0v) is 8.96. The zero-order chi connectivity index (χ0) is 10.1. The van der Waals surface area contributed by atoms with Crippen LogP contribution in [-0.4, -0.2) is 0 Å². The van der Waals surface area contributed by atoms with Gasteiger partial charge in [0.15, 0.2) is 0 Å². The third-order valence-electron chi connectivity index (χ3n) is 1.95. The number of rotatable bonds is 3. The smallest absolute Gasteiger partial charge is 0.00126 e. The molecule has 0 saturated heterocycles. The average molecular weight is 176 g/mol. The minimum Gasteiger partial charge on any atom is -0.102 e. The van der Waals surface area contributed by atoms with Crippen LogP contribution < -0.4 is 0 Å². The molecule has 1 unspecified atom stereocenters. The van der Waals surface area contributed by atoms with Crippen LogP contribution in [0.4, 0.5) is 0 Å². The Morgan fingerprint density at radius 1 is 1.23 bits per heavy atom. The van der Waals surface area contributed by atoms with Crippen LogP contribution in [0.25, 0.3) is 0 Å². The Kier molecular flexibility index (Phi) is 6.99. The summed E-state index contributed by atoms with van der Waals surface area (Å²) in [5.74, 6) is 0.524. The maximum absolute atomic E-state index is 3.81. The Labute approximate surface area is 82.3 Å². The number of allylic oxidation sites excluding steroid dienone is 1. The Balaban J connectivity index is 0.000000671. The summed E-state index contributed by atoms with van der Waals surface area (Å²) in [6.07, 6.45) is 3.14. The van der Waals surface area contributed by atoms with Crippen molar-refractivity contribution in [2.45, 2.75) is 33.1 Å². The lowest BCUT2D eigenvalue weighted by Gasteiger charge is -2.08. The fourth-order valence-electron chi connectivity index (χ4n) is 1.24. The molecule has 0 spiro atoms. The van der Waals surface area contributed by atoms with Gasteiger partial charge in [-0.2, -0.15) is 0 Å². The molecule has 13 heavy (non-hydrogen) atoms. The van der Waals surface area contributed by atoms with E-state index in [2.05, 4.69) is 37.8 Å². The molecule has 0 fully saturated rings. The summed E-state index contributed by atoms with van der Waals surface area (Å²) in [7, 11) is 0. The van der Waals surface area contributed by atoms with Crippen molar-refractivity contribution in [1.82, 2.24) is 0 Å². The molecule has 0 nitrogen and oxygen atoms in total. The van der Waals surface area contributed by atoms with E-state index in [-0.39, 0.29) is 0 Å². The fourth-order valence-corrected chi connectivity index (χ4v) is 1.24. The second kappa shape index (κ2) is 7.60. The van der Waals surface area contributed by atoms with Crippen LogP contribution in [0, 0.1) is 0 Å². The first-order valence-electron chi connectivity index (χ1n) is 5.06. The zero-order valence-electron chi connectivity index (χ0n) is 8.96. The fraction of sp³-hybridized carbons (Fsp3) is 0.385. The van der Waals surface area contributed by atoms with E-state index >= 15 is 0 Å². The lowest BCUT2D eigenvalue weighted by Crippen LogP contribution is -1.90. The molecule has 0 saturated carbocycles. The van der Waals surface area contributed by atoms with Gasteiger partial charge in [0.1, 0.15) is 0 Å². The van der Waals surface area contributed by atoms with Crippen LogP contribution in [-0.2, 0) is 0 Å². The van der Waals surface area contributed by atoms with Crippen LogP contribution in [0.3, 0.4) is 0 Å². The highest BCUT2D eigenvalue weighted by molar-refractivity contribution is 5.22. The predicted octanol–water partition coefficient (Wildman–Crippen LogP) is 4.39. The molecule has 0 radical (unpaired) electrons. The van der Waals surface area contributed by atoms with Crippen LogP contribution in [0.2, 0.25) is 0 Å². The van der Waals surface area contributed by atoms with Gasteiger partial charge in [0.25, 0.3) is 0 Å². The summed E-state index contributed by atoms with van der Waals surface area (Å²) in [6.45, 7) is 9.99. The average Bonchev–Trinajstić information content (AvgIpc) is 2.24. The van der Waals surface area contributed by atoms with Crippen LogP contribution in [0.1, 0.15) is 38.7 Å².